The molecule has 1 heterocycles. The van der Waals surface area contributed by atoms with Crippen LogP contribution in [0, 0.1) is 0 Å². The van der Waals surface area contributed by atoms with E-state index < -0.39 is 6.04 Å². The average molecular weight is 305 g/mol. The fourth-order valence-electron chi connectivity index (χ4n) is 1.00. The lowest BCUT2D eigenvalue weighted by molar-refractivity contribution is -0.141. The van der Waals surface area contributed by atoms with Gasteiger partial charge in [0.25, 0.3) is 0 Å². The smallest absolute Gasteiger partial charge is 0.323 e. The molecule has 16 heavy (non-hydrogen) atoms. The van der Waals surface area contributed by atoms with E-state index in [9.17, 15) is 4.79 Å². The van der Waals surface area contributed by atoms with Crippen LogP contribution in [0.1, 0.15) is 5.69 Å². The van der Waals surface area contributed by atoms with Crippen LogP contribution in [0.2, 0.25) is 0 Å². The van der Waals surface area contributed by atoms with Crippen LogP contribution in [-0.4, -0.2) is 29.9 Å². The molecule has 2 N–H and O–H groups in total. The second kappa shape index (κ2) is 6.88. The molecule has 1 aromatic rings. The number of hydrogen-bond acceptors (Lipinski definition) is 5. The van der Waals surface area contributed by atoms with Crippen LogP contribution >= 0.6 is 27.7 Å². The van der Waals surface area contributed by atoms with Crippen molar-refractivity contribution in [3.63, 3.8) is 0 Å². The van der Waals surface area contributed by atoms with E-state index >= 15 is 0 Å². The number of thioether (sulfide) groups is 1. The summed E-state index contributed by atoms with van der Waals surface area (Å²) < 4.78 is 5.48. The number of nitrogens with two attached hydrogens (primary N) is 1. The first-order valence-corrected chi connectivity index (χ1v) is 6.60. The Kier molecular flexibility index (Phi) is 5.79. The number of carbonyl (C=O) groups excluding carboxylic acids is 1. The van der Waals surface area contributed by atoms with Crippen LogP contribution in [0.4, 0.5) is 0 Å². The highest BCUT2D eigenvalue weighted by Crippen LogP contribution is 2.13. The highest BCUT2D eigenvalue weighted by atomic mass is 79.9. The maximum absolute atomic E-state index is 11.0. The fourth-order valence-corrected chi connectivity index (χ4v) is 2.12. The number of hydrogen-bond donors (Lipinski definition) is 1. The summed E-state index contributed by atoms with van der Waals surface area (Å²) in [5, 5.41) is 0. The Morgan fingerprint density at radius 1 is 1.69 bits per heavy atom. The first kappa shape index (κ1) is 13.5. The first-order chi connectivity index (χ1) is 7.63. The summed E-state index contributed by atoms with van der Waals surface area (Å²) >= 11 is 4.88. The number of aromatic nitrogens is 1. The number of rotatable bonds is 5. The van der Waals surface area contributed by atoms with Crippen molar-refractivity contribution >= 4 is 33.7 Å². The van der Waals surface area contributed by atoms with Crippen LogP contribution < -0.4 is 5.73 Å². The molecule has 0 aliphatic rings. The molecule has 6 heteroatoms. The van der Waals surface area contributed by atoms with Crippen molar-refractivity contribution in [2.75, 3.05) is 12.9 Å². The molecule has 0 fully saturated rings. The fraction of sp³-hybridized carbons (Fsp3) is 0.400. The Labute approximate surface area is 107 Å². The molecule has 0 radical (unpaired) electrons. The van der Waals surface area contributed by atoms with Gasteiger partial charge in [-0.2, -0.15) is 11.8 Å². The van der Waals surface area contributed by atoms with Gasteiger partial charge in [-0.25, -0.2) is 0 Å². The molecule has 0 saturated heterocycles. The van der Waals surface area contributed by atoms with E-state index in [1.165, 1.54) is 7.11 Å². The monoisotopic (exact) mass is 304 g/mol. The molecule has 0 bridgehead atoms. The third-order valence-electron chi connectivity index (χ3n) is 1.84. The van der Waals surface area contributed by atoms with Gasteiger partial charge in [0.1, 0.15) is 6.04 Å². The average Bonchev–Trinajstić information content (AvgIpc) is 2.30. The van der Waals surface area contributed by atoms with Gasteiger partial charge in [0.2, 0.25) is 0 Å². The topological polar surface area (TPSA) is 65.2 Å². The molecule has 0 aliphatic heterocycles. The van der Waals surface area contributed by atoms with Crippen molar-refractivity contribution in [3.05, 3.63) is 28.5 Å². The summed E-state index contributed by atoms with van der Waals surface area (Å²) in [6.07, 6.45) is 1.75. The zero-order valence-electron chi connectivity index (χ0n) is 8.85. The third kappa shape index (κ3) is 4.51. The molecule has 0 saturated carbocycles. The number of ether oxygens (including phenoxy) is 1. The van der Waals surface area contributed by atoms with E-state index in [0.29, 0.717) is 5.75 Å². The number of halogens is 1. The summed E-state index contributed by atoms with van der Waals surface area (Å²) in [6, 6.07) is 3.30. The van der Waals surface area contributed by atoms with Crippen LogP contribution in [-0.2, 0) is 15.3 Å². The molecule has 1 aromatic heterocycles. The van der Waals surface area contributed by atoms with E-state index in [2.05, 4.69) is 25.7 Å². The Hall–Kier alpha value is -0.590. The molecule has 1 unspecified atom stereocenters. The van der Waals surface area contributed by atoms with Crippen molar-refractivity contribution < 1.29 is 9.53 Å². The van der Waals surface area contributed by atoms with E-state index in [1.54, 1.807) is 18.0 Å². The van der Waals surface area contributed by atoms with Gasteiger partial charge in [-0.1, -0.05) is 0 Å². The molecule has 0 spiro atoms. The van der Waals surface area contributed by atoms with Gasteiger partial charge in [-0.3, -0.25) is 9.78 Å². The lowest BCUT2D eigenvalue weighted by Crippen LogP contribution is -2.33. The molecule has 1 rings (SSSR count). The minimum absolute atomic E-state index is 0.378. The number of pyridine rings is 1. The number of carbonyl (C=O) groups is 1. The van der Waals surface area contributed by atoms with Crippen LogP contribution in [0.3, 0.4) is 0 Å². The molecule has 88 valence electrons. The van der Waals surface area contributed by atoms with Crippen molar-refractivity contribution in [1.29, 1.82) is 0 Å². The maximum atomic E-state index is 11.0. The molecule has 1 atom stereocenters. The van der Waals surface area contributed by atoms with E-state index in [0.717, 1.165) is 15.9 Å². The largest absolute Gasteiger partial charge is 0.468 e. The molecular weight excluding hydrogens is 292 g/mol. The minimum Gasteiger partial charge on any atom is -0.468 e. The van der Waals surface area contributed by atoms with Crippen LogP contribution in [0.5, 0.6) is 0 Å². The molecule has 4 nitrogen and oxygen atoms in total. The van der Waals surface area contributed by atoms with Gasteiger partial charge in [-0.05, 0) is 28.1 Å². The Balaban J connectivity index is 2.30. The summed E-state index contributed by atoms with van der Waals surface area (Å²) in [6.45, 7) is 0. The zero-order chi connectivity index (χ0) is 12.0. The standard InChI is InChI=1S/C10H13BrN2O2S/c1-15-10(14)9(12)6-16-5-8-3-2-7(11)4-13-8/h2-4,9H,5-6,12H2,1H3. The quantitative estimate of drug-likeness (QED) is 0.837. The Bertz CT molecular complexity index is 345. The molecule has 0 aliphatic carbocycles. The predicted molar refractivity (Wildman–Crippen MR) is 68.1 cm³/mol. The lowest BCUT2D eigenvalue weighted by atomic mass is 10.4. The van der Waals surface area contributed by atoms with Crippen molar-refractivity contribution in [2.24, 2.45) is 5.73 Å². The number of methoxy groups -OCH3 is 1. The van der Waals surface area contributed by atoms with Gasteiger partial charge in [-0.15, -0.1) is 0 Å². The molecule has 0 aromatic carbocycles. The van der Waals surface area contributed by atoms with E-state index in [1.807, 2.05) is 12.1 Å². The van der Waals surface area contributed by atoms with Crippen LogP contribution in [0.15, 0.2) is 22.8 Å². The number of nitrogens with zero attached hydrogens (tertiary/aromatic N) is 1. The van der Waals surface area contributed by atoms with Crippen molar-refractivity contribution in [3.8, 4) is 0 Å². The Morgan fingerprint density at radius 2 is 2.44 bits per heavy atom. The van der Waals surface area contributed by atoms with E-state index in [4.69, 9.17) is 5.73 Å². The maximum Gasteiger partial charge on any atom is 0.323 e. The third-order valence-corrected chi connectivity index (χ3v) is 3.40. The van der Waals surface area contributed by atoms with Gasteiger partial charge >= 0.3 is 5.97 Å². The van der Waals surface area contributed by atoms with Crippen LogP contribution in [0.25, 0.3) is 0 Å². The Morgan fingerprint density at radius 3 is 3.00 bits per heavy atom. The van der Waals surface area contributed by atoms with Gasteiger partial charge < -0.3 is 10.5 Å². The summed E-state index contributed by atoms with van der Waals surface area (Å²) in [5.41, 5.74) is 6.56. The van der Waals surface area contributed by atoms with Gasteiger partial charge in [0.05, 0.1) is 12.8 Å². The van der Waals surface area contributed by atoms with Gasteiger partial charge in [0.15, 0.2) is 0 Å². The number of esters is 1. The second-order valence-electron chi connectivity index (χ2n) is 3.11. The molecule has 0 amide bonds. The first-order valence-electron chi connectivity index (χ1n) is 4.65. The van der Waals surface area contributed by atoms with Crippen molar-refractivity contribution in [1.82, 2.24) is 4.98 Å². The summed E-state index contributed by atoms with van der Waals surface area (Å²) in [4.78, 5) is 15.2. The zero-order valence-corrected chi connectivity index (χ0v) is 11.3. The predicted octanol–water partition coefficient (Wildman–Crippen LogP) is 1.58. The molecular formula is C10H13BrN2O2S. The lowest BCUT2D eigenvalue weighted by Gasteiger charge is -2.08. The minimum atomic E-state index is -0.564. The highest BCUT2D eigenvalue weighted by molar-refractivity contribution is 9.10. The van der Waals surface area contributed by atoms with E-state index in [-0.39, 0.29) is 5.97 Å². The SMILES string of the molecule is COC(=O)C(N)CSCc1ccc(Br)cn1. The normalized spacial score (nSPS) is 12.2. The summed E-state index contributed by atoms with van der Waals surface area (Å²) in [5.74, 6) is 0.888. The summed E-state index contributed by atoms with van der Waals surface area (Å²) in [7, 11) is 1.34. The highest BCUT2D eigenvalue weighted by Gasteiger charge is 2.13. The van der Waals surface area contributed by atoms with Gasteiger partial charge in [0, 0.05) is 22.2 Å². The second-order valence-corrected chi connectivity index (χ2v) is 5.06. The van der Waals surface area contributed by atoms with Crippen molar-refractivity contribution in [2.45, 2.75) is 11.8 Å².